The van der Waals surface area contributed by atoms with E-state index in [0.29, 0.717) is 11.3 Å². The smallest absolute Gasteiger partial charge is 0.0320 e. The molecular weight excluding hydrogens is 350 g/mol. The Morgan fingerprint density at radius 2 is 2.05 bits per heavy atom. The van der Waals surface area contributed by atoms with Crippen LogP contribution < -0.4 is 5.32 Å². The molecule has 0 amide bonds. The van der Waals surface area contributed by atoms with E-state index in [1.165, 1.54) is 28.0 Å². The molecule has 1 aromatic carbocycles. The van der Waals surface area contributed by atoms with Gasteiger partial charge in [0, 0.05) is 32.5 Å². The van der Waals surface area contributed by atoms with Crippen LogP contribution in [-0.2, 0) is 6.42 Å². The van der Waals surface area contributed by atoms with Gasteiger partial charge >= 0.3 is 0 Å². The van der Waals surface area contributed by atoms with E-state index >= 15 is 0 Å². The third-order valence-electron chi connectivity index (χ3n) is 3.69. The van der Waals surface area contributed by atoms with Gasteiger partial charge in [0.2, 0.25) is 0 Å². The molecule has 3 atom stereocenters. The Labute approximate surface area is 140 Å². The van der Waals surface area contributed by atoms with E-state index in [9.17, 15) is 0 Å². The van der Waals surface area contributed by atoms with Crippen LogP contribution in [0, 0.1) is 0 Å². The normalized spacial score (nSPS) is 24.6. The molecule has 0 saturated carbocycles. The summed E-state index contributed by atoms with van der Waals surface area (Å²) < 4.78 is 1.24. The summed E-state index contributed by atoms with van der Waals surface area (Å²) in [5.41, 5.74) is 1.42. The van der Waals surface area contributed by atoms with Crippen LogP contribution in [0.3, 0.4) is 0 Å². The molecule has 20 heavy (non-hydrogen) atoms. The zero-order valence-corrected chi connectivity index (χ0v) is 15.5. The predicted molar refractivity (Wildman–Crippen MR) is 98.1 cm³/mol. The fraction of sp³-hybridized carbons (Fsp3) is 0.625. The minimum atomic E-state index is 0.571. The van der Waals surface area contributed by atoms with Crippen molar-refractivity contribution in [1.82, 2.24) is 5.32 Å². The predicted octanol–water partition coefficient (Wildman–Crippen LogP) is 4.60. The summed E-state index contributed by atoms with van der Waals surface area (Å²) in [5, 5.41) is 5.25. The molecule has 1 N–H and O–H groups in total. The molecule has 1 aliphatic rings. The molecule has 1 heterocycles. The van der Waals surface area contributed by atoms with Gasteiger partial charge in [-0.1, -0.05) is 48.0 Å². The Morgan fingerprint density at radius 3 is 2.75 bits per heavy atom. The average molecular weight is 374 g/mol. The number of benzene rings is 1. The molecule has 112 valence electrons. The first kappa shape index (κ1) is 16.7. The third-order valence-corrected chi connectivity index (χ3v) is 7.71. The van der Waals surface area contributed by atoms with Crippen molar-refractivity contribution >= 4 is 39.5 Å². The van der Waals surface area contributed by atoms with Crippen LogP contribution in [0.5, 0.6) is 0 Å². The molecule has 3 unspecified atom stereocenters. The van der Waals surface area contributed by atoms with Crippen LogP contribution >= 0.6 is 39.5 Å². The molecule has 0 radical (unpaired) electrons. The maximum Gasteiger partial charge on any atom is 0.0320 e. The van der Waals surface area contributed by atoms with Crippen molar-refractivity contribution in [2.75, 3.05) is 18.1 Å². The van der Waals surface area contributed by atoms with E-state index in [1.54, 1.807) is 0 Å². The first-order valence-corrected chi connectivity index (χ1v) is 10.3. The topological polar surface area (TPSA) is 12.0 Å². The molecule has 1 aliphatic heterocycles. The van der Waals surface area contributed by atoms with Crippen molar-refractivity contribution in [1.29, 1.82) is 0 Å². The van der Waals surface area contributed by atoms with Crippen molar-refractivity contribution in [3.05, 3.63) is 34.3 Å². The Morgan fingerprint density at radius 1 is 1.30 bits per heavy atom. The molecule has 1 nitrogen and oxygen atoms in total. The third kappa shape index (κ3) is 4.69. The lowest BCUT2D eigenvalue weighted by Crippen LogP contribution is -2.46. The van der Waals surface area contributed by atoms with Crippen LogP contribution in [0.4, 0.5) is 0 Å². The highest BCUT2D eigenvalue weighted by Gasteiger charge is 2.30. The Bertz CT molecular complexity index is 413. The van der Waals surface area contributed by atoms with Gasteiger partial charge in [-0.15, -0.1) is 0 Å². The monoisotopic (exact) mass is 373 g/mol. The van der Waals surface area contributed by atoms with Crippen LogP contribution in [-0.4, -0.2) is 34.6 Å². The Hall–Kier alpha value is 0.360. The van der Waals surface area contributed by atoms with Gasteiger partial charge in [-0.25, -0.2) is 0 Å². The van der Waals surface area contributed by atoms with Gasteiger partial charge < -0.3 is 5.32 Å². The number of hydrogen-bond acceptors (Lipinski definition) is 3. The van der Waals surface area contributed by atoms with Crippen LogP contribution in [0.1, 0.15) is 25.8 Å². The van der Waals surface area contributed by atoms with E-state index in [1.807, 2.05) is 0 Å². The van der Waals surface area contributed by atoms with E-state index in [4.69, 9.17) is 0 Å². The molecule has 2 rings (SSSR count). The second-order valence-electron chi connectivity index (χ2n) is 5.27. The van der Waals surface area contributed by atoms with E-state index in [2.05, 4.69) is 82.9 Å². The molecule has 0 aliphatic carbocycles. The summed E-state index contributed by atoms with van der Waals surface area (Å²) in [4.78, 5) is 0. The highest BCUT2D eigenvalue weighted by atomic mass is 79.9. The maximum atomic E-state index is 3.79. The van der Waals surface area contributed by atoms with Crippen molar-refractivity contribution < 1.29 is 0 Å². The first-order valence-electron chi connectivity index (χ1n) is 7.42. The maximum absolute atomic E-state index is 3.79. The lowest BCUT2D eigenvalue weighted by molar-refractivity contribution is 0.486. The van der Waals surface area contributed by atoms with Gasteiger partial charge in [0.1, 0.15) is 0 Å². The summed E-state index contributed by atoms with van der Waals surface area (Å²) in [6, 6.07) is 9.20. The molecule has 0 aromatic heterocycles. The minimum absolute atomic E-state index is 0.571. The highest BCUT2D eigenvalue weighted by Crippen LogP contribution is 2.34. The summed E-state index contributed by atoms with van der Waals surface area (Å²) in [5.74, 6) is 2.60. The van der Waals surface area contributed by atoms with Crippen LogP contribution in [0.15, 0.2) is 28.7 Å². The highest BCUT2D eigenvalue weighted by molar-refractivity contribution is 9.10. The second kappa shape index (κ2) is 8.72. The van der Waals surface area contributed by atoms with Crippen molar-refractivity contribution in [3.8, 4) is 0 Å². The van der Waals surface area contributed by atoms with Crippen molar-refractivity contribution in [3.63, 3.8) is 0 Å². The van der Waals surface area contributed by atoms with Gasteiger partial charge in [-0.3, -0.25) is 0 Å². The van der Waals surface area contributed by atoms with E-state index in [-0.39, 0.29) is 0 Å². The molecule has 0 bridgehead atoms. The van der Waals surface area contributed by atoms with Crippen LogP contribution in [0.25, 0.3) is 0 Å². The molecule has 0 spiro atoms. The SMILES string of the molecule is CCCNC(Cc1ccccc1Br)C1SCCSC1C. The fourth-order valence-corrected chi connectivity index (χ4v) is 6.03. The van der Waals surface area contributed by atoms with Gasteiger partial charge in [0.25, 0.3) is 0 Å². The summed E-state index contributed by atoms with van der Waals surface area (Å²) >= 11 is 7.98. The summed E-state index contributed by atoms with van der Waals surface area (Å²) in [7, 11) is 0. The van der Waals surface area contributed by atoms with Gasteiger partial charge in [0.15, 0.2) is 0 Å². The largest absolute Gasteiger partial charge is 0.313 e. The van der Waals surface area contributed by atoms with Crippen LogP contribution in [0.2, 0.25) is 0 Å². The second-order valence-corrected chi connectivity index (χ2v) is 8.89. The van der Waals surface area contributed by atoms with Crippen molar-refractivity contribution in [2.24, 2.45) is 0 Å². The number of halogens is 1. The van der Waals surface area contributed by atoms with Gasteiger partial charge in [0.05, 0.1) is 0 Å². The molecule has 1 saturated heterocycles. The minimum Gasteiger partial charge on any atom is -0.313 e. The standard InChI is InChI=1S/C16H24BrNS2/c1-3-8-18-15(16-12(2)19-9-10-20-16)11-13-6-4-5-7-14(13)17/h4-7,12,15-16,18H,3,8-11H2,1-2H3. The molecule has 4 heteroatoms. The lowest BCUT2D eigenvalue weighted by Gasteiger charge is -2.35. The summed E-state index contributed by atoms with van der Waals surface area (Å²) in [6.45, 7) is 5.75. The quantitative estimate of drug-likeness (QED) is 0.782. The number of rotatable bonds is 6. The zero-order chi connectivity index (χ0) is 14.4. The Balaban J connectivity index is 2.08. The number of nitrogens with one attached hydrogen (secondary N) is 1. The van der Waals surface area contributed by atoms with Crippen molar-refractivity contribution in [2.45, 2.75) is 43.2 Å². The Kier molecular flexibility index (Phi) is 7.29. The lowest BCUT2D eigenvalue weighted by atomic mass is 10.0. The fourth-order valence-electron chi connectivity index (χ4n) is 2.63. The zero-order valence-electron chi connectivity index (χ0n) is 12.3. The summed E-state index contributed by atoms with van der Waals surface area (Å²) in [6.07, 6.45) is 2.31. The average Bonchev–Trinajstić information content (AvgIpc) is 2.46. The molecular formula is C16H24BrNS2. The number of hydrogen-bond donors (Lipinski definition) is 1. The number of thioether (sulfide) groups is 2. The van der Waals surface area contributed by atoms with Gasteiger partial charge in [-0.2, -0.15) is 23.5 Å². The molecule has 1 aromatic rings. The first-order chi connectivity index (χ1) is 9.72. The van der Waals surface area contributed by atoms with E-state index < -0.39 is 0 Å². The van der Waals surface area contributed by atoms with Gasteiger partial charge in [-0.05, 0) is 31.0 Å². The van der Waals surface area contributed by atoms with E-state index in [0.717, 1.165) is 18.2 Å². The molecule has 1 fully saturated rings.